The first-order valence-corrected chi connectivity index (χ1v) is 8.11. The summed E-state index contributed by atoms with van der Waals surface area (Å²) in [5, 5.41) is 15.9. The van der Waals surface area contributed by atoms with Gasteiger partial charge < -0.3 is 19.9 Å². The van der Waals surface area contributed by atoms with Crippen molar-refractivity contribution in [2.24, 2.45) is 0 Å². The van der Waals surface area contributed by atoms with E-state index in [9.17, 15) is 5.11 Å². The zero-order valence-electron chi connectivity index (χ0n) is 13.4. The molecule has 1 heterocycles. The predicted octanol–water partition coefficient (Wildman–Crippen LogP) is 3.46. The predicted molar refractivity (Wildman–Crippen MR) is 90.0 cm³/mol. The maximum Gasteiger partial charge on any atom is 0.122 e. The summed E-state index contributed by atoms with van der Waals surface area (Å²) in [7, 11) is 3.20. The van der Waals surface area contributed by atoms with E-state index < -0.39 is 6.10 Å². The lowest BCUT2D eigenvalue weighted by Gasteiger charge is -2.18. The van der Waals surface area contributed by atoms with Gasteiger partial charge in [0.05, 0.1) is 20.3 Å². The molecule has 2 atom stereocenters. The van der Waals surface area contributed by atoms with E-state index in [0.717, 1.165) is 5.56 Å². The van der Waals surface area contributed by atoms with Gasteiger partial charge in [-0.3, -0.25) is 0 Å². The lowest BCUT2D eigenvalue weighted by Crippen LogP contribution is -2.24. The van der Waals surface area contributed by atoms with E-state index in [0.29, 0.717) is 18.0 Å². The second kappa shape index (κ2) is 7.63. The van der Waals surface area contributed by atoms with Gasteiger partial charge in [-0.05, 0) is 48.6 Å². The van der Waals surface area contributed by atoms with Crippen molar-refractivity contribution in [2.75, 3.05) is 20.8 Å². The van der Waals surface area contributed by atoms with Gasteiger partial charge in [-0.2, -0.15) is 0 Å². The Hall–Kier alpha value is -1.56. The molecule has 2 aromatic rings. The molecule has 0 aliphatic carbocycles. The van der Waals surface area contributed by atoms with Crippen LogP contribution < -0.4 is 14.8 Å². The van der Waals surface area contributed by atoms with Crippen LogP contribution in [0.2, 0.25) is 0 Å². The first-order chi connectivity index (χ1) is 10.5. The van der Waals surface area contributed by atoms with E-state index in [1.54, 1.807) is 31.6 Å². The molecule has 0 unspecified atom stereocenters. The molecule has 1 aromatic carbocycles. The van der Waals surface area contributed by atoms with Crippen molar-refractivity contribution in [1.82, 2.24) is 5.32 Å². The van der Waals surface area contributed by atoms with Gasteiger partial charge in [0, 0.05) is 23.5 Å². The number of nitrogens with one attached hydrogen (secondary N) is 1. The fraction of sp³-hybridized carbons (Fsp3) is 0.412. The molecule has 0 radical (unpaired) electrons. The first kappa shape index (κ1) is 16.8. The van der Waals surface area contributed by atoms with E-state index >= 15 is 0 Å². The number of aryl methyl sites for hydroxylation is 1. The number of hydrogen-bond acceptors (Lipinski definition) is 5. The number of thiophene rings is 1. The van der Waals surface area contributed by atoms with E-state index in [1.165, 1.54) is 10.4 Å². The number of rotatable bonds is 7. The van der Waals surface area contributed by atoms with E-state index in [4.69, 9.17) is 9.47 Å². The van der Waals surface area contributed by atoms with Crippen LogP contribution in [0, 0.1) is 6.92 Å². The highest BCUT2D eigenvalue weighted by molar-refractivity contribution is 7.10. The summed E-state index contributed by atoms with van der Waals surface area (Å²) in [5.74, 6) is 1.35. The number of ether oxygens (including phenoxy) is 2. The van der Waals surface area contributed by atoms with Crippen LogP contribution in [0.15, 0.2) is 29.6 Å². The van der Waals surface area contributed by atoms with Crippen LogP contribution in [0.4, 0.5) is 0 Å². The van der Waals surface area contributed by atoms with Crippen LogP contribution in [-0.4, -0.2) is 25.9 Å². The molecule has 1 aromatic heterocycles. The molecule has 22 heavy (non-hydrogen) atoms. The fourth-order valence-electron chi connectivity index (χ4n) is 2.35. The Morgan fingerprint density at radius 3 is 2.32 bits per heavy atom. The SMILES string of the molecule is COc1cc(OC)cc([C@@H](O)CN[C@H](C)c2sccc2C)c1. The van der Waals surface area contributed by atoms with Gasteiger partial charge in [-0.1, -0.05) is 0 Å². The molecule has 0 saturated heterocycles. The minimum Gasteiger partial charge on any atom is -0.497 e. The third-order valence-corrected chi connectivity index (χ3v) is 4.87. The number of methoxy groups -OCH3 is 2. The van der Waals surface area contributed by atoms with Crippen molar-refractivity contribution in [2.45, 2.75) is 26.0 Å². The van der Waals surface area contributed by atoms with Crippen LogP contribution in [0.5, 0.6) is 11.5 Å². The summed E-state index contributed by atoms with van der Waals surface area (Å²) in [6, 6.07) is 7.77. The Kier molecular flexibility index (Phi) is 5.83. The first-order valence-electron chi connectivity index (χ1n) is 7.23. The summed E-state index contributed by atoms with van der Waals surface area (Å²) in [6.07, 6.45) is -0.619. The Bertz CT molecular complexity index is 589. The maximum absolute atomic E-state index is 10.4. The van der Waals surface area contributed by atoms with Gasteiger partial charge in [-0.15, -0.1) is 11.3 Å². The van der Waals surface area contributed by atoms with Crippen LogP contribution >= 0.6 is 11.3 Å². The largest absolute Gasteiger partial charge is 0.497 e. The molecular formula is C17H23NO3S. The molecule has 2 N–H and O–H groups in total. The Morgan fingerprint density at radius 1 is 1.18 bits per heavy atom. The second-order valence-electron chi connectivity index (χ2n) is 5.26. The molecule has 0 saturated carbocycles. The molecule has 0 aliphatic heterocycles. The van der Waals surface area contributed by atoms with Gasteiger partial charge >= 0.3 is 0 Å². The lowest BCUT2D eigenvalue weighted by molar-refractivity contribution is 0.170. The summed E-state index contributed by atoms with van der Waals surface area (Å²) in [5.41, 5.74) is 2.06. The minimum atomic E-state index is -0.619. The summed E-state index contributed by atoms with van der Waals surface area (Å²) in [4.78, 5) is 1.30. The Labute approximate surface area is 135 Å². The Balaban J connectivity index is 2.03. The Morgan fingerprint density at radius 2 is 1.82 bits per heavy atom. The maximum atomic E-state index is 10.4. The number of hydrogen-bond donors (Lipinski definition) is 2. The van der Waals surface area contributed by atoms with Gasteiger partial charge in [0.2, 0.25) is 0 Å². The average molecular weight is 321 g/mol. The zero-order valence-corrected chi connectivity index (χ0v) is 14.2. The normalized spacial score (nSPS) is 13.7. The van der Waals surface area contributed by atoms with Gasteiger partial charge in [-0.25, -0.2) is 0 Å². The van der Waals surface area contributed by atoms with Crippen LogP contribution in [0.25, 0.3) is 0 Å². The molecule has 5 heteroatoms. The molecule has 0 bridgehead atoms. The fourth-order valence-corrected chi connectivity index (χ4v) is 3.31. The molecule has 0 amide bonds. The van der Waals surface area contributed by atoms with Crippen molar-refractivity contribution in [3.05, 3.63) is 45.6 Å². The summed E-state index contributed by atoms with van der Waals surface area (Å²) >= 11 is 1.73. The highest BCUT2D eigenvalue weighted by Crippen LogP contribution is 2.27. The highest BCUT2D eigenvalue weighted by Gasteiger charge is 2.14. The van der Waals surface area contributed by atoms with E-state index in [1.807, 2.05) is 12.1 Å². The van der Waals surface area contributed by atoms with Crippen molar-refractivity contribution in [3.8, 4) is 11.5 Å². The van der Waals surface area contributed by atoms with Gasteiger partial charge in [0.15, 0.2) is 0 Å². The molecule has 0 spiro atoms. The molecule has 0 fully saturated rings. The van der Waals surface area contributed by atoms with E-state index in [-0.39, 0.29) is 6.04 Å². The monoisotopic (exact) mass is 321 g/mol. The third-order valence-electron chi connectivity index (χ3n) is 3.67. The van der Waals surface area contributed by atoms with Crippen LogP contribution in [0.1, 0.15) is 35.1 Å². The van der Waals surface area contributed by atoms with Crippen LogP contribution in [-0.2, 0) is 0 Å². The van der Waals surface area contributed by atoms with Gasteiger partial charge in [0.1, 0.15) is 11.5 Å². The molecule has 4 nitrogen and oxygen atoms in total. The molecular weight excluding hydrogens is 298 g/mol. The number of benzene rings is 1. The standard InChI is InChI=1S/C17H23NO3S/c1-11-5-6-22-17(11)12(2)18-10-16(19)13-7-14(20-3)9-15(8-13)21-4/h5-9,12,16,18-19H,10H2,1-4H3/t12-,16+/m1/s1. The highest BCUT2D eigenvalue weighted by atomic mass is 32.1. The van der Waals surface area contributed by atoms with Crippen molar-refractivity contribution in [1.29, 1.82) is 0 Å². The third kappa shape index (κ3) is 4.00. The summed E-state index contributed by atoms with van der Waals surface area (Å²) < 4.78 is 10.5. The average Bonchev–Trinajstić information content (AvgIpc) is 2.97. The van der Waals surface area contributed by atoms with Crippen molar-refractivity contribution < 1.29 is 14.6 Å². The molecule has 2 rings (SSSR count). The smallest absolute Gasteiger partial charge is 0.122 e. The number of aliphatic hydroxyl groups is 1. The van der Waals surface area contributed by atoms with Crippen molar-refractivity contribution >= 4 is 11.3 Å². The number of aliphatic hydroxyl groups excluding tert-OH is 1. The van der Waals surface area contributed by atoms with E-state index in [2.05, 4.69) is 30.6 Å². The second-order valence-corrected chi connectivity index (χ2v) is 6.21. The summed E-state index contributed by atoms with van der Waals surface area (Å²) in [6.45, 7) is 4.68. The lowest BCUT2D eigenvalue weighted by atomic mass is 10.1. The van der Waals surface area contributed by atoms with Crippen molar-refractivity contribution in [3.63, 3.8) is 0 Å². The van der Waals surface area contributed by atoms with Crippen LogP contribution in [0.3, 0.4) is 0 Å². The quantitative estimate of drug-likeness (QED) is 0.820. The van der Waals surface area contributed by atoms with Gasteiger partial charge in [0.25, 0.3) is 0 Å². The molecule has 120 valence electrons. The minimum absolute atomic E-state index is 0.210. The topological polar surface area (TPSA) is 50.7 Å². The zero-order chi connectivity index (χ0) is 16.1. The molecule has 0 aliphatic rings.